The molecule has 0 unspecified atom stereocenters. The Balaban J connectivity index is 2.31. The molecule has 0 aliphatic heterocycles. The van der Waals surface area contributed by atoms with E-state index in [4.69, 9.17) is 4.74 Å². The number of rotatable bonds is 4. The van der Waals surface area contributed by atoms with Gasteiger partial charge in [0.25, 0.3) is 0 Å². The van der Waals surface area contributed by atoms with Crippen molar-refractivity contribution in [2.24, 2.45) is 0 Å². The monoisotopic (exact) mass is 420 g/mol. The molecule has 3 aromatic rings. The summed E-state index contributed by atoms with van der Waals surface area (Å²) >= 11 is -3.42. The van der Waals surface area contributed by atoms with Gasteiger partial charge in [0.15, 0.2) is 0 Å². The molecule has 1 nitrogen and oxygen atoms in total. The van der Waals surface area contributed by atoms with E-state index in [0.717, 1.165) is 0 Å². The molecule has 2 heteroatoms. The Morgan fingerprint density at radius 1 is 0.667 bits per heavy atom. The van der Waals surface area contributed by atoms with E-state index in [2.05, 4.69) is 101 Å². The normalized spacial score (nSPS) is 10.5. The molecule has 0 heterocycles. The second-order valence-electron chi connectivity index (χ2n) is 5.51. The van der Waals surface area contributed by atoms with Crippen LogP contribution in [0.5, 0.6) is 0 Å². The van der Waals surface area contributed by atoms with Gasteiger partial charge in [-0.3, -0.25) is 0 Å². The fourth-order valence-electron chi connectivity index (χ4n) is 2.97. The molecule has 0 spiro atoms. The maximum absolute atomic E-state index is 5.44. The first-order valence-corrected chi connectivity index (χ1v) is 13.9. The predicted octanol–water partition coefficient (Wildman–Crippen LogP) is 2.69. The van der Waals surface area contributed by atoms with Crippen LogP contribution in [0.3, 0.4) is 0 Å². The van der Waals surface area contributed by atoms with Gasteiger partial charge in [-0.05, 0) is 0 Å². The molecule has 0 saturated carbocycles. The van der Waals surface area contributed by atoms with E-state index < -0.39 is 18.4 Å². The maximum atomic E-state index is 5.44. The number of hydrogen-bond acceptors (Lipinski definition) is 1. The van der Waals surface area contributed by atoms with Gasteiger partial charge in [-0.25, -0.2) is 0 Å². The van der Waals surface area contributed by atoms with Gasteiger partial charge in [0, 0.05) is 0 Å². The summed E-state index contributed by atoms with van der Waals surface area (Å²) in [6.45, 7) is 2.58. The quantitative estimate of drug-likeness (QED) is 0.467. The van der Waals surface area contributed by atoms with Crippen LogP contribution in [0.2, 0.25) is 0 Å². The molecule has 24 heavy (non-hydrogen) atoms. The van der Waals surface area contributed by atoms with E-state index in [9.17, 15) is 0 Å². The Morgan fingerprint density at radius 3 is 1.38 bits per heavy atom. The molecule has 0 radical (unpaired) electrons. The first kappa shape index (κ1) is 16.7. The molecule has 0 N–H and O–H groups in total. The van der Waals surface area contributed by atoms with Crippen molar-refractivity contribution >= 4 is 29.1 Å². The SMILES string of the molecule is CCOC#[C][Sn]([c]1ccccc1)([c]1ccccc1)[c]1ccccc1. The third-order valence-electron chi connectivity index (χ3n) is 4.08. The summed E-state index contributed by atoms with van der Waals surface area (Å²) in [4.78, 5) is 0. The topological polar surface area (TPSA) is 9.23 Å². The Hall–Kier alpha value is -2.18. The van der Waals surface area contributed by atoms with Crippen molar-refractivity contribution in [2.75, 3.05) is 6.61 Å². The van der Waals surface area contributed by atoms with Crippen LogP contribution in [0.15, 0.2) is 91.0 Å². The van der Waals surface area contributed by atoms with Gasteiger partial charge in [0.2, 0.25) is 0 Å². The molecular weight excluding hydrogens is 399 g/mol. The summed E-state index contributed by atoms with van der Waals surface area (Å²) in [5.41, 5.74) is 0. The van der Waals surface area contributed by atoms with Crippen LogP contribution in [0, 0.1) is 10.0 Å². The zero-order chi connectivity index (χ0) is 16.7. The molecule has 3 aromatic carbocycles. The van der Waals surface area contributed by atoms with E-state index in [1.54, 1.807) is 0 Å². The summed E-state index contributed by atoms with van der Waals surface area (Å²) < 4.78 is 13.1. The van der Waals surface area contributed by atoms with Crippen LogP contribution < -0.4 is 10.7 Å². The summed E-state index contributed by atoms with van der Waals surface area (Å²) in [6.07, 6.45) is 3.01. The Bertz CT molecular complexity index is 721. The summed E-state index contributed by atoms with van der Waals surface area (Å²) in [5.74, 6) is 0. The third-order valence-corrected chi connectivity index (χ3v) is 15.7. The van der Waals surface area contributed by atoms with Gasteiger partial charge in [0.1, 0.15) is 0 Å². The fraction of sp³-hybridized carbons (Fsp3) is 0.0909. The standard InChI is InChI=1S/3C6H5.C4H5O.Sn/c3*1-2-4-6-5-3-1;1-3-5-4-2;/h3*1-5H;3H2,1H3;. The van der Waals surface area contributed by atoms with E-state index in [0.29, 0.717) is 6.61 Å². The average Bonchev–Trinajstić information content (AvgIpc) is 2.68. The molecular formula is C22H20OSn. The zero-order valence-corrected chi connectivity index (χ0v) is 16.6. The molecule has 118 valence electrons. The second kappa shape index (κ2) is 8.08. The Kier molecular flexibility index (Phi) is 5.61. The minimum atomic E-state index is -3.42. The Labute approximate surface area is 148 Å². The van der Waals surface area contributed by atoms with Crippen molar-refractivity contribution in [3.05, 3.63) is 91.0 Å². The van der Waals surface area contributed by atoms with Gasteiger partial charge in [-0.1, -0.05) is 0 Å². The molecule has 3 rings (SSSR count). The average molecular weight is 419 g/mol. The van der Waals surface area contributed by atoms with Crippen molar-refractivity contribution in [2.45, 2.75) is 6.92 Å². The van der Waals surface area contributed by atoms with Crippen LogP contribution in [-0.2, 0) is 4.74 Å². The number of ether oxygens (including phenoxy) is 1. The van der Waals surface area contributed by atoms with E-state index in [1.165, 1.54) is 10.7 Å². The van der Waals surface area contributed by atoms with Crippen LogP contribution >= 0.6 is 0 Å². The van der Waals surface area contributed by atoms with Gasteiger partial charge >= 0.3 is 148 Å². The molecule has 0 bridgehead atoms. The van der Waals surface area contributed by atoms with Gasteiger partial charge in [0.05, 0.1) is 0 Å². The van der Waals surface area contributed by atoms with Crippen LogP contribution in [0.4, 0.5) is 0 Å². The molecule has 0 aliphatic rings. The number of hydrogen-bond donors (Lipinski definition) is 0. The molecule has 0 atom stereocenters. The first-order chi connectivity index (χ1) is 11.9. The van der Waals surface area contributed by atoms with Crippen LogP contribution in [0.25, 0.3) is 0 Å². The van der Waals surface area contributed by atoms with Gasteiger partial charge in [-0.2, -0.15) is 0 Å². The fourth-order valence-corrected chi connectivity index (χ4v) is 13.6. The third kappa shape index (κ3) is 3.34. The predicted molar refractivity (Wildman–Crippen MR) is 103 cm³/mol. The van der Waals surface area contributed by atoms with Gasteiger partial charge < -0.3 is 0 Å². The van der Waals surface area contributed by atoms with E-state index >= 15 is 0 Å². The number of benzene rings is 3. The summed E-state index contributed by atoms with van der Waals surface area (Å²) in [5, 5.41) is 0. The van der Waals surface area contributed by atoms with E-state index in [1.807, 2.05) is 6.92 Å². The minimum absolute atomic E-state index is 0.604. The molecule has 0 amide bonds. The van der Waals surface area contributed by atoms with Crippen LogP contribution in [-0.4, -0.2) is 25.0 Å². The first-order valence-electron chi connectivity index (χ1n) is 8.18. The molecule has 0 saturated heterocycles. The van der Waals surface area contributed by atoms with Crippen molar-refractivity contribution in [3.8, 4) is 10.0 Å². The summed E-state index contributed by atoms with van der Waals surface area (Å²) in [6, 6.07) is 32.1. The van der Waals surface area contributed by atoms with Crippen molar-refractivity contribution in [3.63, 3.8) is 0 Å². The van der Waals surface area contributed by atoms with Gasteiger partial charge in [-0.15, -0.1) is 0 Å². The Morgan fingerprint density at radius 2 is 1.04 bits per heavy atom. The summed E-state index contributed by atoms with van der Waals surface area (Å²) in [7, 11) is 0. The zero-order valence-electron chi connectivity index (χ0n) is 13.8. The second-order valence-corrected chi connectivity index (χ2v) is 15.4. The molecule has 0 aliphatic carbocycles. The van der Waals surface area contributed by atoms with Crippen molar-refractivity contribution in [1.29, 1.82) is 0 Å². The molecule has 0 fully saturated rings. The molecule has 0 aromatic heterocycles. The van der Waals surface area contributed by atoms with Crippen molar-refractivity contribution < 1.29 is 4.74 Å². The van der Waals surface area contributed by atoms with E-state index in [-0.39, 0.29) is 0 Å². The van der Waals surface area contributed by atoms with Crippen molar-refractivity contribution in [1.82, 2.24) is 0 Å². The van der Waals surface area contributed by atoms with Crippen LogP contribution in [0.1, 0.15) is 6.92 Å².